The first-order valence-electron chi connectivity index (χ1n) is 5.81. The van der Waals surface area contributed by atoms with Crippen molar-refractivity contribution in [1.82, 2.24) is 9.97 Å². The molecule has 0 aliphatic rings. The SMILES string of the molecule is O=c1[nH]c(-c2c(Cl)cc(Br)c(Cl)c2F)nc2ccccc12. The summed E-state index contributed by atoms with van der Waals surface area (Å²) in [5.74, 6) is -0.704. The van der Waals surface area contributed by atoms with Crippen LogP contribution in [0.15, 0.2) is 39.6 Å². The number of para-hydroxylation sites is 1. The molecular formula is C14H6BrCl2FN2O. The second-order valence-corrected chi connectivity index (χ2v) is 5.91. The van der Waals surface area contributed by atoms with Crippen LogP contribution in [0.3, 0.4) is 0 Å². The van der Waals surface area contributed by atoms with Gasteiger partial charge in [0.1, 0.15) is 5.82 Å². The zero-order chi connectivity index (χ0) is 15.1. The van der Waals surface area contributed by atoms with Crippen LogP contribution in [0.1, 0.15) is 0 Å². The normalized spacial score (nSPS) is 11.0. The monoisotopic (exact) mass is 386 g/mol. The maximum Gasteiger partial charge on any atom is 0.259 e. The third kappa shape index (κ3) is 2.46. The maximum absolute atomic E-state index is 14.3. The topological polar surface area (TPSA) is 45.8 Å². The Labute approximate surface area is 136 Å². The van der Waals surface area contributed by atoms with Crippen LogP contribution in [0, 0.1) is 5.82 Å². The predicted molar refractivity (Wildman–Crippen MR) is 85.5 cm³/mol. The van der Waals surface area contributed by atoms with Crippen LogP contribution in [0.5, 0.6) is 0 Å². The summed E-state index contributed by atoms with van der Waals surface area (Å²) < 4.78 is 14.7. The summed E-state index contributed by atoms with van der Waals surface area (Å²) in [4.78, 5) is 18.8. The van der Waals surface area contributed by atoms with E-state index in [-0.39, 0.29) is 27.0 Å². The highest BCUT2D eigenvalue weighted by Gasteiger charge is 2.19. The van der Waals surface area contributed by atoms with Gasteiger partial charge in [0.2, 0.25) is 0 Å². The Bertz CT molecular complexity index is 927. The fourth-order valence-corrected chi connectivity index (χ4v) is 2.95. The van der Waals surface area contributed by atoms with Crippen LogP contribution in [0.4, 0.5) is 4.39 Å². The average molecular weight is 388 g/mol. The number of aromatic amines is 1. The lowest BCUT2D eigenvalue weighted by Gasteiger charge is -2.09. The Morgan fingerprint density at radius 1 is 1.24 bits per heavy atom. The Balaban J connectivity index is 2.36. The molecule has 0 atom stereocenters. The van der Waals surface area contributed by atoms with Gasteiger partial charge in [-0.1, -0.05) is 35.3 Å². The van der Waals surface area contributed by atoms with Crippen molar-refractivity contribution in [2.45, 2.75) is 0 Å². The van der Waals surface area contributed by atoms with E-state index in [1.54, 1.807) is 24.3 Å². The molecule has 21 heavy (non-hydrogen) atoms. The van der Waals surface area contributed by atoms with Crippen LogP contribution < -0.4 is 5.56 Å². The van der Waals surface area contributed by atoms with E-state index in [0.717, 1.165) is 0 Å². The smallest absolute Gasteiger partial charge is 0.259 e. The highest BCUT2D eigenvalue weighted by atomic mass is 79.9. The van der Waals surface area contributed by atoms with E-state index in [0.29, 0.717) is 15.4 Å². The first-order valence-corrected chi connectivity index (χ1v) is 7.36. The average Bonchev–Trinajstić information content (AvgIpc) is 2.45. The molecule has 1 aromatic heterocycles. The fourth-order valence-electron chi connectivity index (χ4n) is 1.99. The van der Waals surface area contributed by atoms with Crippen LogP contribution in [-0.2, 0) is 0 Å². The van der Waals surface area contributed by atoms with Gasteiger partial charge in [0.25, 0.3) is 5.56 Å². The number of H-pyrrole nitrogens is 1. The molecule has 0 aliphatic carbocycles. The minimum Gasteiger partial charge on any atom is -0.306 e. The number of hydrogen-bond acceptors (Lipinski definition) is 2. The summed E-state index contributed by atoms with van der Waals surface area (Å²) in [6, 6.07) is 8.23. The summed E-state index contributed by atoms with van der Waals surface area (Å²) in [7, 11) is 0. The Morgan fingerprint density at radius 3 is 2.71 bits per heavy atom. The van der Waals surface area contributed by atoms with Crippen molar-refractivity contribution in [2.75, 3.05) is 0 Å². The lowest BCUT2D eigenvalue weighted by atomic mass is 10.1. The van der Waals surface area contributed by atoms with Crippen molar-refractivity contribution in [2.24, 2.45) is 0 Å². The standard InChI is InChI=1S/C14H6BrCl2FN2O/c15-7-5-8(16)10(12(18)11(7)17)13-19-9-4-2-1-3-6(9)14(21)20-13/h1-5H,(H,19,20,21). The summed E-state index contributed by atoms with van der Waals surface area (Å²) in [5.41, 5.74) is 0.0450. The number of halogens is 4. The van der Waals surface area contributed by atoms with Gasteiger partial charge in [-0.15, -0.1) is 0 Å². The van der Waals surface area contributed by atoms with Crippen LogP contribution in [0.25, 0.3) is 22.3 Å². The third-order valence-electron chi connectivity index (χ3n) is 2.96. The Morgan fingerprint density at radius 2 is 1.95 bits per heavy atom. The van der Waals surface area contributed by atoms with Crippen molar-refractivity contribution >= 4 is 50.0 Å². The van der Waals surface area contributed by atoms with Gasteiger partial charge in [-0.2, -0.15) is 0 Å². The molecule has 0 spiro atoms. The molecule has 3 rings (SSSR count). The largest absolute Gasteiger partial charge is 0.306 e. The second-order valence-electron chi connectivity index (χ2n) is 4.27. The lowest BCUT2D eigenvalue weighted by molar-refractivity contribution is 0.629. The van der Waals surface area contributed by atoms with E-state index >= 15 is 0 Å². The van der Waals surface area contributed by atoms with Gasteiger partial charge in [0.15, 0.2) is 5.82 Å². The highest BCUT2D eigenvalue weighted by molar-refractivity contribution is 9.10. The van der Waals surface area contributed by atoms with Crippen LogP contribution in [-0.4, -0.2) is 9.97 Å². The molecule has 0 radical (unpaired) electrons. The van der Waals surface area contributed by atoms with E-state index in [1.807, 2.05) is 0 Å². The first kappa shape index (κ1) is 14.5. The quantitative estimate of drug-likeness (QED) is 0.481. The summed E-state index contributed by atoms with van der Waals surface area (Å²) in [5, 5.41) is 0.397. The lowest BCUT2D eigenvalue weighted by Crippen LogP contribution is -2.10. The van der Waals surface area contributed by atoms with Gasteiger partial charge in [0, 0.05) is 4.47 Å². The minimum atomic E-state index is -0.741. The molecule has 0 aliphatic heterocycles. The molecule has 3 aromatic rings. The number of nitrogens with zero attached hydrogens (tertiary/aromatic N) is 1. The molecular weight excluding hydrogens is 382 g/mol. The van der Waals surface area contributed by atoms with Crippen molar-refractivity contribution in [3.05, 3.63) is 61.0 Å². The zero-order valence-electron chi connectivity index (χ0n) is 10.3. The molecule has 2 aromatic carbocycles. The molecule has 0 saturated carbocycles. The highest BCUT2D eigenvalue weighted by Crippen LogP contribution is 2.37. The predicted octanol–water partition coefficient (Wildman–Crippen LogP) is 4.80. The van der Waals surface area contributed by atoms with Crippen LogP contribution in [0.2, 0.25) is 10.0 Å². The zero-order valence-corrected chi connectivity index (χ0v) is 13.4. The molecule has 0 fully saturated rings. The van der Waals surface area contributed by atoms with Gasteiger partial charge in [-0.05, 0) is 34.1 Å². The first-order chi connectivity index (χ1) is 9.99. The summed E-state index contributed by atoms with van der Waals surface area (Å²) >= 11 is 15.0. The number of fused-ring (bicyclic) bond motifs is 1. The van der Waals surface area contributed by atoms with E-state index < -0.39 is 5.82 Å². The number of benzene rings is 2. The van der Waals surface area contributed by atoms with Crippen molar-refractivity contribution in [3.63, 3.8) is 0 Å². The van der Waals surface area contributed by atoms with Gasteiger partial charge in [0.05, 0.1) is 26.5 Å². The van der Waals surface area contributed by atoms with Crippen molar-refractivity contribution < 1.29 is 4.39 Å². The molecule has 1 heterocycles. The summed E-state index contributed by atoms with van der Waals surface area (Å²) in [6.07, 6.45) is 0. The van der Waals surface area contributed by atoms with E-state index in [1.165, 1.54) is 6.07 Å². The van der Waals surface area contributed by atoms with E-state index in [2.05, 4.69) is 25.9 Å². The van der Waals surface area contributed by atoms with Crippen molar-refractivity contribution in [1.29, 1.82) is 0 Å². The number of nitrogens with one attached hydrogen (secondary N) is 1. The molecule has 7 heteroatoms. The molecule has 0 bridgehead atoms. The maximum atomic E-state index is 14.3. The molecule has 0 amide bonds. The van der Waals surface area contributed by atoms with Crippen LogP contribution >= 0.6 is 39.1 Å². The van der Waals surface area contributed by atoms with Gasteiger partial charge in [-0.25, -0.2) is 9.37 Å². The fraction of sp³-hybridized carbons (Fsp3) is 0. The molecule has 106 valence electrons. The number of hydrogen-bond donors (Lipinski definition) is 1. The van der Waals surface area contributed by atoms with E-state index in [9.17, 15) is 9.18 Å². The second kappa shape index (κ2) is 5.40. The minimum absolute atomic E-state index is 0.0345. The molecule has 3 nitrogen and oxygen atoms in total. The number of rotatable bonds is 1. The molecule has 0 unspecified atom stereocenters. The van der Waals surface area contributed by atoms with Gasteiger partial charge >= 0.3 is 0 Å². The molecule has 1 N–H and O–H groups in total. The Hall–Kier alpha value is -1.43. The van der Waals surface area contributed by atoms with Gasteiger partial charge < -0.3 is 4.98 Å². The van der Waals surface area contributed by atoms with Crippen molar-refractivity contribution in [3.8, 4) is 11.4 Å². The Kier molecular flexibility index (Phi) is 3.73. The van der Waals surface area contributed by atoms with Gasteiger partial charge in [-0.3, -0.25) is 4.79 Å². The third-order valence-corrected chi connectivity index (χ3v) is 4.49. The van der Waals surface area contributed by atoms with E-state index in [4.69, 9.17) is 23.2 Å². The summed E-state index contributed by atoms with van der Waals surface area (Å²) in [6.45, 7) is 0. The number of aromatic nitrogens is 2. The molecule has 0 saturated heterocycles.